The molecular formula is C15H19NO5S. The van der Waals surface area contributed by atoms with Crippen LogP contribution in [-0.4, -0.2) is 39.9 Å². The van der Waals surface area contributed by atoms with Crippen molar-refractivity contribution in [3.63, 3.8) is 0 Å². The lowest BCUT2D eigenvalue weighted by atomic mass is 10.1. The maximum Gasteiger partial charge on any atom is 0.326 e. The van der Waals surface area contributed by atoms with Gasteiger partial charge in [0.05, 0.1) is 0 Å². The van der Waals surface area contributed by atoms with Crippen molar-refractivity contribution in [2.24, 2.45) is 0 Å². The predicted octanol–water partition coefficient (Wildman–Crippen LogP) is 1.91. The molecule has 0 aliphatic rings. The summed E-state index contributed by atoms with van der Waals surface area (Å²) in [6.45, 7) is 1.99. The number of carbonyl (C=O) groups is 3. The van der Waals surface area contributed by atoms with Gasteiger partial charge < -0.3 is 15.5 Å². The van der Waals surface area contributed by atoms with Crippen LogP contribution in [0.3, 0.4) is 0 Å². The maximum atomic E-state index is 11.7. The van der Waals surface area contributed by atoms with Gasteiger partial charge in [-0.3, -0.25) is 9.59 Å². The van der Waals surface area contributed by atoms with Gasteiger partial charge in [-0.05, 0) is 25.5 Å². The molecule has 3 N–H and O–H groups in total. The highest BCUT2D eigenvalue weighted by molar-refractivity contribution is 7.99. The molecule has 0 radical (unpaired) electrons. The van der Waals surface area contributed by atoms with Crippen LogP contribution in [0, 0.1) is 6.92 Å². The predicted molar refractivity (Wildman–Crippen MR) is 83.0 cm³/mol. The smallest absolute Gasteiger partial charge is 0.326 e. The molecule has 0 unspecified atom stereocenters. The first-order valence-electron chi connectivity index (χ1n) is 6.82. The largest absolute Gasteiger partial charge is 0.481 e. The second kappa shape index (κ2) is 9.09. The van der Waals surface area contributed by atoms with E-state index in [0.717, 1.165) is 10.5 Å². The first kappa shape index (κ1) is 18.0. The van der Waals surface area contributed by atoms with Gasteiger partial charge in [0.15, 0.2) is 0 Å². The number of carbonyl (C=O) groups excluding carboxylic acids is 1. The van der Waals surface area contributed by atoms with E-state index in [1.54, 1.807) is 0 Å². The number of benzene rings is 1. The molecular weight excluding hydrogens is 306 g/mol. The summed E-state index contributed by atoms with van der Waals surface area (Å²) in [5.41, 5.74) is 1.16. The fourth-order valence-corrected chi connectivity index (χ4v) is 2.54. The van der Waals surface area contributed by atoms with Crippen molar-refractivity contribution < 1.29 is 24.6 Å². The molecule has 1 aromatic carbocycles. The van der Waals surface area contributed by atoms with Gasteiger partial charge in [-0.2, -0.15) is 0 Å². The van der Waals surface area contributed by atoms with Crippen LogP contribution >= 0.6 is 11.8 Å². The Balaban J connectivity index is 2.35. The van der Waals surface area contributed by atoms with E-state index < -0.39 is 23.9 Å². The van der Waals surface area contributed by atoms with Gasteiger partial charge >= 0.3 is 11.9 Å². The number of carboxylic acids is 2. The van der Waals surface area contributed by atoms with Gasteiger partial charge in [-0.1, -0.05) is 17.7 Å². The first-order valence-corrected chi connectivity index (χ1v) is 7.80. The van der Waals surface area contributed by atoms with Gasteiger partial charge in [0.1, 0.15) is 6.04 Å². The third kappa shape index (κ3) is 7.12. The molecule has 0 heterocycles. The van der Waals surface area contributed by atoms with Crippen LogP contribution in [0.4, 0.5) is 0 Å². The minimum absolute atomic E-state index is 0.124. The summed E-state index contributed by atoms with van der Waals surface area (Å²) in [4.78, 5) is 34.2. The average molecular weight is 325 g/mol. The monoisotopic (exact) mass is 325 g/mol. The van der Waals surface area contributed by atoms with E-state index in [2.05, 4.69) is 5.32 Å². The van der Waals surface area contributed by atoms with Crippen LogP contribution in [-0.2, 0) is 14.4 Å². The number of amides is 1. The Kier molecular flexibility index (Phi) is 7.45. The minimum Gasteiger partial charge on any atom is -0.481 e. The van der Waals surface area contributed by atoms with Crippen molar-refractivity contribution in [1.29, 1.82) is 0 Å². The molecule has 0 saturated heterocycles. The molecule has 1 amide bonds. The number of aryl methyl sites for hydroxylation is 1. The Bertz CT molecular complexity index is 529. The van der Waals surface area contributed by atoms with Gasteiger partial charge in [0.25, 0.3) is 0 Å². The Morgan fingerprint density at radius 3 is 2.32 bits per heavy atom. The quantitative estimate of drug-likeness (QED) is 0.599. The van der Waals surface area contributed by atoms with Crippen LogP contribution < -0.4 is 5.32 Å². The average Bonchev–Trinajstić information content (AvgIpc) is 2.45. The number of aliphatic carboxylic acids is 2. The summed E-state index contributed by atoms with van der Waals surface area (Å²) >= 11 is 1.51. The topological polar surface area (TPSA) is 104 Å². The van der Waals surface area contributed by atoms with E-state index in [0.29, 0.717) is 5.75 Å². The molecule has 0 bridgehead atoms. The molecule has 1 rings (SSSR count). The van der Waals surface area contributed by atoms with Crippen molar-refractivity contribution in [1.82, 2.24) is 5.32 Å². The highest BCUT2D eigenvalue weighted by Gasteiger charge is 2.20. The van der Waals surface area contributed by atoms with E-state index in [9.17, 15) is 14.4 Å². The van der Waals surface area contributed by atoms with Gasteiger partial charge in [-0.25, -0.2) is 4.79 Å². The van der Waals surface area contributed by atoms with Crippen LogP contribution in [0.25, 0.3) is 0 Å². The second-order valence-electron chi connectivity index (χ2n) is 4.80. The lowest BCUT2D eigenvalue weighted by molar-refractivity contribution is -0.143. The summed E-state index contributed by atoms with van der Waals surface area (Å²) in [7, 11) is 0. The molecule has 0 aliphatic carbocycles. The fraction of sp³-hybridized carbons (Fsp3) is 0.400. The first-order chi connectivity index (χ1) is 10.4. The number of carboxylic acid groups (broad SMARTS) is 2. The number of thioether (sulfide) groups is 1. The number of hydrogen-bond acceptors (Lipinski definition) is 4. The molecule has 120 valence electrons. The Morgan fingerprint density at radius 1 is 1.14 bits per heavy atom. The summed E-state index contributed by atoms with van der Waals surface area (Å²) in [6.07, 6.45) is -0.244. The highest BCUT2D eigenvalue weighted by atomic mass is 32.2. The molecule has 6 nitrogen and oxygen atoms in total. The van der Waals surface area contributed by atoms with Crippen LogP contribution in [0.5, 0.6) is 0 Å². The van der Waals surface area contributed by atoms with Gasteiger partial charge in [-0.15, -0.1) is 11.8 Å². The normalized spacial score (nSPS) is 11.7. The summed E-state index contributed by atoms with van der Waals surface area (Å²) < 4.78 is 0. The minimum atomic E-state index is -1.22. The molecule has 22 heavy (non-hydrogen) atoms. The number of rotatable bonds is 9. The lowest BCUT2D eigenvalue weighted by Gasteiger charge is -2.13. The molecule has 1 aromatic rings. The summed E-state index contributed by atoms with van der Waals surface area (Å²) in [5, 5.41) is 19.9. The molecule has 0 aliphatic heterocycles. The van der Waals surface area contributed by atoms with Crippen molar-refractivity contribution in [2.75, 3.05) is 5.75 Å². The van der Waals surface area contributed by atoms with Crippen LogP contribution in [0.1, 0.15) is 24.8 Å². The zero-order chi connectivity index (χ0) is 16.5. The van der Waals surface area contributed by atoms with Crippen LogP contribution in [0.15, 0.2) is 29.2 Å². The standard InChI is InChI=1S/C15H19NO5S/c1-10-2-4-11(5-3-10)22-9-8-13(17)16-12(15(20)21)6-7-14(18)19/h2-5,12H,6-9H2,1H3,(H,16,17)(H,18,19)(H,20,21)/t12-/m1/s1. The number of hydrogen-bond donors (Lipinski definition) is 3. The van der Waals surface area contributed by atoms with Gasteiger partial charge in [0, 0.05) is 23.5 Å². The zero-order valence-corrected chi connectivity index (χ0v) is 13.1. The zero-order valence-electron chi connectivity index (χ0n) is 12.2. The molecule has 7 heteroatoms. The SMILES string of the molecule is Cc1ccc(SCCC(=O)N[C@H](CCC(=O)O)C(=O)O)cc1. The summed E-state index contributed by atoms with van der Waals surface area (Å²) in [5.74, 6) is -2.17. The Hall–Kier alpha value is -2.02. The highest BCUT2D eigenvalue weighted by Crippen LogP contribution is 2.18. The fourth-order valence-electron chi connectivity index (χ4n) is 1.69. The Morgan fingerprint density at radius 2 is 1.77 bits per heavy atom. The van der Waals surface area contributed by atoms with E-state index in [1.807, 2.05) is 31.2 Å². The van der Waals surface area contributed by atoms with E-state index in [-0.39, 0.29) is 19.3 Å². The second-order valence-corrected chi connectivity index (χ2v) is 5.97. The molecule has 0 spiro atoms. The van der Waals surface area contributed by atoms with Crippen LogP contribution in [0.2, 0.25) is 0 Å². The van der Waals surface area contributed by atoms with Crippen molar-refractivity contribution in [3.05, 3.63) is 29.8 Å². The third-order valence-corrected chi connectivity index (χ3v) is 3.91. The molecule has 0 saturated carbocycles. The maximum absolute atomic E-state index is 11.7. The summed E-state index contributed by atoms with van der Waals surface area (Å²) in [6, 6.07) is 6.73. The van der Waals surface area contributed by atoms with E-state index in [1.165, 1.54) is 11.8 Å². The lowest BCUT2D eigenvalue weighted by Crippen LogP contribution is -2.41. The van der Waals surface area contributed by atoms with E-state index >= 15 is 0 Å². The molecule has 1 atom stereocenters. The Labute approximate surface area is 132 Å². The number of nitrogens with one attached hydrogen (secondary N) is 1. The van der Waals surface area contributed by atoms with Crippen molar-refractivity contribution in [2.45, 2.75) is 37.1 Å². The van der Waals surface area contributed by atoms with Crippen molar-refractivity contribution in [3.8, 4) is 0 Å². The van der Waals surface area contributed by atoms with E-state index in [4.69, 9.17) is 10.2 Å². The molecule has 0 fully saturated rings. The van der Waals surface area contributed by atoms with Crippen molar-refractivity contribution >= 4 is 29.6 Å². The molecule has 0 aromatic heterocycles. The van der Waals surface area contributed by atoms with Gasteiger partial charge in [0.2, 0.25) is 5.91 Å². The third-order valence-electron chi connectivity index (χ3n) is 2.90.